The molecule has 0 fully saturated rings. The van der Waals surface area contributed by atoms with Gasteiger partial charge < -0.3 is 4.74 Å². The smallest absolute Gasteiger partial charge is 0.387 e. The topological polar surface area (TPSA) is 9.23 Å². The molecule has 0 N–H and O–H groups in total. The van der Waals surface area contributed by atoms with Gasteiger partial charge in [-0.05, 0) is 29.5 Å². The Hall–Kier alpha value is -1.12. The number of alkyl halides is 2. The molecular formula is C14H22F2O. The average molecular weight is 244 g/mol. The van der Waals surface area contributed by atoms with Crippen molar-refractivity contribution in [1.29, 1.82) is 0 Å². The third-order valence-corrected chi connectivity index (χ3v) is 2.32. The summed E-state index contributed by atoms with van der Waals surface area (Å²) in [5, 5.41) is 0. The molecule has 0 aliphatic carbocycles. The van der Waals surface area contributed by atoms with E-state index in [1.165, 1.54) is 0 Å². The number of halogens is 2. The van der Waals surface area contributed by atoms with Gasteiger partial charge in [0.1, 0.15) is 5.75 Å². The van der Waals surface area contributed by atoms with Crippen LogP contribution in [0.3, 0.4) is 0 Å². The molecule has 98 valence electrons. The normalized spacial score (nSPS) is 10.2. The Morgan fingerprint density at radius 1 is 1.18 bits per heavy atom. The van der Waals surface area contributed by atoms with Crippen molar-refractivity contribution in [3.8, 4) is 5.75 Å². The van der Waals surface area contributed by atoms with E-state index in [-0.39, 0.29) is 5.92 Å². The van der Waals surface area contributed by atoms with Gasteiger partial charge in [-0.3, -0.25) is 0 Å². The Labute approximate surface area is 103 Å². The van der Waals surface area contributed by atoms with Crippen LogP contribution >= 0.6 is 0 Å². The van der Waals surface area contributed by atoms with E-state index in [4.69, 9.17) is 0 Å². The minimum atomic E-state index is -2.75. The summed E-state index contributed by atoms with van der Waals surface area (Å²) in [5.74, 6) is 0.490. The van der Waals surface area contributed by atoms with E-state index in [1.807, 2.05) is 46.8 Å². The summed E-state index contributed by atoms with van der Waals surface area (Å²) in [6, 6.07) is 5.51. The molecule has 3 heteroatoms. The molecule has 0 saturated carbocycles. The zero-order valence-electron chi connectivity index (χ0n) is 11.3. The lowest BCUT2D eigenvalue weighted by atomic mass is 9.99. The van der Waals surface area contributed by atoms with Crippen LogP contribution in [0.1, 0.15) is 51.7 Å². The first kappa shape index (κ1) is 15.9. The molecule has 0 radical (unpaired) electrons. The molecule has 0 saturated heterocycles. The number of hydrogen-bond donors (Lipinski definition) is 0. The first-order chi connectivity index (χ1) is 8.04. The van der Waals surface area contributed by atoms with Gasteiger partial charge >= 0.3 is 6.61 Å². The summed E-state index contributed by atoms with van der Waals surface area (Å²) in [5.41, 5.74) is 1.84. The van der Waals surface area contributed by atoms with Gasteiger partial charge in [0.2, 0.25) is 0 Å². The van der Waals surface area contributed by atoms with Gasteiger partial charge in [0, 0.05) is 0 Å². The van der Waals surface area contributed by atoms with Gasteiger partial charge in [0.05, 0.1) is 0 Å². The van der Waals surface area contributed by atoms with Crippen LogP contribution in [-0.2, 0) is 6.42 Å². The van der Waals surface area contributed by atoms with Gasteiger partial charge in [0.15, 0.2) is 0 Å². The van der Waals surface area contributed by atoms with E-state index in [2.05, 4.69) is 4.74 Å². The van der Waals surface area contributed by atoms with Gasteiger partial charge in [-0.15, -0.1) is 0 Å². The molecule has 0 unspecified atom stereocenters. The fourth-order valence-corrected chi connectivity index (χ4v) is 1.47. The highest BCUT2D eigenvalue weighted by Crippen LogP contribution is 2.28. The standard InChI is InChI=1S/C12H16F2O.C2H6/c1-4-9-5-6-10(8(2)3)11(7-9)15-12(13)14;1-2/h5-8,12H,4H2,1-3H3;1-2H3. The van der Waals surface area contributed by atoms with Crippen molar-refractivity contribution in [3.63, 3.8) is 0 Å². The Morgan fingerprint density at radius 2 is 1.76 bits per heavy atom. The molecule has 0 aromatic heterocycles. The lowest BCUT2D eigenvalue weighted by molar-refractivity contribution is -0.0505. The summed E-state index contributed by atoms with van der Waals surface area (Å²) in [6.07, 6.45) is 0.817. The lowest BCUT2D eigenvalue weighted by Gasteiger charge is -2.14. The lowest BCUT2D eigenvalue weighted by Crippen LogP contribution is -2.05. The maximum atomic E-state index is 12.2. The molecule has 0 aliphatic rings. The Balaban J connectivity index is 0.00000121. The maximum absolute atomic E-state index is 12.2. The minimum Gasteiger partial charge on any atom is -0.435 e. The molecular weight excluding hydrogens is 222 g/mol. The van der Waals surface area contributed by atoms with Crippen LogP contribution in [0.25, 0.3) is 0 Å². The Bertz CT molecular complexity index is 322. The molecule has 1 nitrogen and oxygen atoms in total. The van der Waals surface area contributed by atoms with Crippen molar-refractivity contribution < 1.29 is 13.5 Å². The van der Waals surface area contributed by atoms with E-state index in [0.717, 1.165) is 17.5 Å². The fraction of sp³-hybridized carbons (Fsp3) is 0.571. The summed E-state index contributed by atoms with van der Waals surface area (Å²) in [4.78, 5) is 0. The second-order valence-electron chi connectivity index (χ2n) is 3.76. The molecule has 0 amide bonds. The zero-order chi connectivity index (χ0) is 13.4. The SMILES string of the molecule is CC.CCc1ccc(C(C)C)c(OC(F)F)c1. The highest BCUT2D eigenvalue weighted by atomic mass is 19.3. The van der Waals surface area contributed by atoms with Crippen LogP contribution in [0.15, 0.2) is 18.2 Å². The molecule has 0 atom stereocenters. The number of ether oxygens (including phenoxy) is 1. The molecule has 17 heavy (non-hydrogen) atoms. The Morgan fingerprint density at radius 3 is 2.18 bits per heavy atom. The maximum Gasteiger partial charge on any atom is 0.387 e. The Kier molecular flexibility index (Phi) is 7.51. The number of rotatable bonds is 4. The van der Waals surface area contributed by atoms with Gasteiger partial charge in [-0.25, -0.2) is 0 Å². The van der Waals surface area contributed by atoms with Crippen LogP contribution in [0, 0.1) is 0 Å². The molecule has 1 aromatic rings. The highest BCUT2D eigenvalue weighted by molar-refractivity contribution is 5.39. The zero-order valence-corrected chi connectivity index (χ0v) is 11.3. The highest BCUT2D eigenvalue weighted by Gasteiger charge is 2.12. The van der Waals surface area contributed by atoms with E-state index >= 15 is 0 Å². The van der Waals surface area contributed by atoms with E-state index < -0.39 is 6.61 Å². The average Bonchev–Trinajstić information content (AvgIpc) is 2.30. The molecule has 0 aliphatic heterocycles. The monoisotopic (exact) mass is 244 g/mol. The molecule has 1 rings (SSSR count). The molecule has 1 aromatic carbocycles. The van der Waals surface area contributed by atoms with Crippen LogP contribution < -0.4 is 4.74 Å². The quantitative estimate of drug-likeness (QED) is 0.724. The second kappa shape index (κ2) is 8.04. The second-order valence-corrected chi connectivity index (χ2v) is 3.76. The van der Waals surface area contributed by atoms with Crippen molar-refractivity contribution in [2.45, 2.75) is 53.6 Å². The molecule has 0 bridgehead atoms. The summed E-state index contributed by atoms with van der Waals surface area (Å²) < 4.78 is 28.9. The van der Waals surface area contributed by atoms with Gasteiger partial charge in [-0.1, -0.05) is 46.8 Å². The summed E-state index contributed by atoms with van der Waals surface area (Å²) in [6.45, 7) is 7.14. The van der Waals surface area contributed by atoms with Crippen LogP contribution in [0.5, 0.6) is 5.75 Å². The first-order valence-electron chi connectivity index (χ1n) is 6.12. The van der Waals surface area contributed by atoms with Gasteiger partial charge in [-0.2, -0.15) is 8.78 Å². The largest absolute Gasteiger partial charge is 0.435 e. The van der Waals surface area contributed by atoms with Crippen molar-refractivity contribution in [1.82, 2.24) is 0 Å². The first-order valence-corrected chi connectivity index (χ1v) is 6.12. The predicted molar refractivity (Wildman–Crippen MR) is 67.9 cm³/mol. The van der Waals surface area contributed by atoms with E-state index in [9.17, 15) is 8.78 Å². The third kappa shape index (κ3) is 5.16. The van der Waals surface area contributed by atoms with E-state index in [1.54, 1.807) is 6.07 Å². The molecule has 0 spiro atoms. The van der Waals surface area contributed by atoms with Crippen LogP contribution in [0.2, 0.25) is 0 Å². The minimum absolute atomic E-state index is 0.185. The number of hydrogen-bond acceptors (Lipinski definition) is 1. The van der Waals surface area contributed by atoms with Crippen molar-refractivity contribution in [2.24, 2.45) is 0 Å². The summed E-state index contributed by atoms with van der Waals surface area (Å²) >= 11 is 0. The predicted octanol–water partition coefficient (Wildman–Crippen LogP) is 5.00. The van der Waals surface area contributed by atoms with Crippen molar-refractivity contribution in [2.75, 3.05) is 0 Å². The summed E-state index contributed by atoms with van der Waals surface area (Å²) in [7, 11) is 0. The third-order valence-electron chi connectivity index (χ3n) is 2.32. The van der Waals surface area contributed by atoms with Crippen LogP contribution in [-0.4, -0.2) is 6.61 Å². The number of benzene rings is 1. The number of aryl methyl sites for hydroxylation is 1. The van der Waals surface area contributed by atoms with Gasteiger partial charge in [0.25, 0.3) is 0 Å². The van der Waals surface area contributed by atoms with Crippen molar-refractivity contribution in [3.05, 3.63) is 29.3 Å². The van der Waals surface area contributed by atoms with Crippen molar-refractivity contribution >= 4 is 0 Å². The van der Waals surface area contributed by atoms with E-state index in [0.29, 0.717) is 5.75 Å². The molecule has 0 heterocycles. The van der Waals surface area contributed by atoms with Crippen LogP contribution in [0.4, 0.5) is 8.78 Å². The fourth-order valence-electron chi connectivity index (χ4n) is 1.47.